The van der Waals surface area contributed by atoms with Crippen molar-refractivity contribution in [3.63, 3.8) is 0 Å². The molecule has 1 heterocycles. The molecule has 0 aliphatic carbocycles. The van der Waals surface area contributed by atoms with Crippen molar-refractivity contribution in [2.75, 3.05) is 30.7 Å². The van der Waals surface area contributed by atoms with Crippen molar-refractivity contribution in [2.45, 2.75) is 50.2 Å². The SMILES string of the molecule is O=C(O)C(CCNCCCCCC1CCSS1)CCNc1ccccc1O. The third kappa shape index (κ3) is 9.12. The van der Waals surface area contributed by atoms with Crippen LogP contribution in [0.15, 0.2) is 24.3 Å². The quantitative estimate of drug-likeness (QED) is 0.202. The molecule has 1 aromatic carbocycles. The number of nitrogens with one attached hydrogen (secondary N) is 2. The molecule has 1 aliphatic rings. The van der Waals surface area contributed by atoms with Crippen LogP contribution in [0.1, 0.15) is 44.9 Å². The standard InChI is InChI=1S/C20H32N2O3S2/c23-19-8-4-3-7-18(19)22-14-10-16(20(24)25)9-13-21-12-5-1-2-6-17-11-15-26-27-17/h3-4,7-8,16-17,21-23H,1-2,5-6,9-15H2,(H,24,25). The molecule has 2 unspecified atom stereocenters. The van der Waals surface area contributed by atoms with Gasteiger partial charge in [0.25, 0.3) is 0 Å². The Labute approximate surface area is 170 Å². The van der Waals surface area contributed by atoms with E-state index in [0.29, 0.717) is 25.1 Å². The zero-order valence-corrected chi connectivity index (χ0v) is 17.5. The highest BCUT2D eigenvalue weighted by Crippen LogP contribution is 2.39. The Hall–Kier alpha value is -1.05. The van der Waals surface area contributed by atoms with Gasteiger partial charge in [-0.15, -0.1) is 0 Å². The van der Waals surface area contributed by atoms with E-state index in [1.54, 1.807) is 18.2 Å². The summed E-state index contributed by atoms with van der Waals surface area (Å²) in [6.45, 7) is 2.24. The molecule has 0 bridgehead atoms. The number of benzene rings is 1. The Morgan fingerprint density at radius 3 is 2.70 bits per heavy atom. The van der Waals surface area contributed by atoms with Crippen molar-refractivity contribution in [3.8, 4) is 5.75 Å². The van der Waals surface area contributed by atoms with E-state index in [-0.39, 0.29) is 11.7 Å². The first-order valence-electron chi connectivity index (χ1n) is 9.90. The molecule has 4 N–H and O–H groups in total. The van der Waals surface area contributed by atoms with E-state index in [2.05, 4.69) is 21.4 Å². The molecule has 2 rings (SSSR count). The number of anilines is 1. The summed E-state index contributed by atoms with van der Waals surface area (Å²) in [7, 11) is 4.06. The fourth-order valence-electron chi connectivity index (χ4n) is 3.16. The summed E-state index contributed by atoms with van der Waals surface area (Å²) < 4.78 is 0. The summed E-state index contributed by atoms with van der Waals surface area (Å²) in [6.07, 6.45) is 7.59. The van der Waals surface area contributed by atoms with Gasteiger partial charge in [0, 0.05) is 17.5 Å². The zero-order chi connectivity index (χ0) is 19.3. The number of para-hydroxylation sites is 2. The number of carbonyl (C=O) groups is 1. The number of carboxylic acids is 1. The van der Waals surface area contributed by atoms with Gasteiger partial charge in [0.2, 0.25) is 0 Å². The molecule has 1 aromatic rings. The van der Waals surface area contributed by atoms with Crippen LogP contribution in [0, 0.1) is 5.92 Å². The van der Waals surface area contributed by atoms with Crippen LogP contribution in [0.2, 0.25) is 0 Å². The molecule has 0 saturated carbocycles. The van der Waals surface area contributed by atoms with E-state index in [1.807, 2.05) is 16.9 Å². The van der Waals surface area contributed by atoms with Crippen molar-refractivity contribution >= 4 is 33.2 Å². The lowest BCUT2D eigenvalue weighted by Gasteiger charge is -2.14. The van der Waals surface area contributed by atoms with Crippen molar-refractivity contribution < 1.29 is 15.0 Å². The number of carboxylic acid groups (broad SMARTS) is 1. The topological polar surface area (TPSA) is 81.6 Å². The minimum absolute atomic E-state index is 0.191. The van der Waals surface area contributed by atoms with E-state index in [9.17, 15) is 15.0 Å². The Morgan fingerprint density at radius 1 is 1.15 bits per heavy atom. The number of phenolic OH excluding ortho intramolecular Hbond substituents is 1. The van der Waals surface area contributed by atoms with Gasteiger partial charge >= 0.3 is 5.97 Å². The molecule has 0 amide bonds. The van der Waals surface area contributed by atoms with Crippen molar-refractivity contribution in [1.82, 2.24) is 5.32 Å². The van der Waals surface area contributed by atoms with Crippen LogP contribution in [0.25, 0.3) is 0 Å². The highest BCUT2D eigenvalue weighted by molar-refractivity contribution is 8.77. The smallest absolute Gasteiger partial charge is 0.306 e. The fraction of sp³-hybridized carbons (Fsp3) is 0.650. The first-order valence-corrected chi connectivity index (χ1v) is 12.3. The lowest BCUT2D eigenvalue weighted by atomic mass is 10.0. The summed E-state index contributed by atoms with van der Waals surface area (Å²) in [5.74, 6) is 0.385. The van der Waals surface area contributed by atoms with E-state index < -0.39 is 5.97 Å². The van der Waals surface area contributed by atoms with Crippen molar-refractivity contribution in [2.24, 2.45) is 5.92 Å². The van der Waals surface area contributed by atoms with Crippen molar-refractivity contribution in [1.29, 1.82) is 0 Å². The van der Waals surface area contributed by atoms with Gasteiger partial charge in [-0.05, 0) is 57.3 Å². The van der Waals surface area contributed by atoms with E-state index in [1.165, 1.54) is 31.4 Å². The molecular formula is C20H32N2O3S2. The third-order valence-electron chi connectivity index (χ3n) is 4.84. The number of hydrogen-bond acceptors (Lipinski definition) is 6. The maximum atomic E-state index is 11.4. The lowest BCUT2D eigenvalue weighted by Crippen LogP contribution is -2.24. The zero-order valence-electron chi connectivity index (χ0n) is 15.9. The molecule has 2 atom stereocenters. The van der Waals surface area contributed by atoms with Crippen LogP contribution in [0.5, 0.6) is 5.75 Å². The van der Waals surface area contributed by atoms with Crippen molar-refractivity contribution in [3.05, 3.63) is 24.3 Å². The van der Waals surface area contributed by atoms with Gasteiger partial charge in [0.1, 0.15) is 5.75 Å². The lowest BCUT2D eigenvalue weighted by molar-refractivity contribution is -0.142. The molecule has 7 heteroatoms. The fourth-order valence-corrected chi connectivity index (χ4v) is 6.19. The van der Waals surface area contributed by atoms with Crippen LogP contribution >= 0.6 is 21.6 Å². The van der Waals surface area contributed by atoms with Crippen LogP contribution in [0.4, 0.5) is 5.69 Å². The first-order chi connectivity index (χ1) is 13.2. The summed E-state index contributed by atoms with van der Waals surface area (Å²) in [5, 5.41) is 26.5. The number of phenols is 1. The summed E-state index contributed by atoms with van der Waals surface area (Å²) in [4.78, 5) is 11.4. The Balaban J connectivity index is 1.50. The predicted molar refractivity (Wildman–Crippen MR) is 117 cm³/mol. The molecule has 0 aromatic heterocycles. The minimum Gasteiger partial charge on any atom is -0.506 e. The molecule has 1 aliphatic heterocycles. The van der Waals surface area contributed by atoms with E-state index in [0.717, 1.165) is 24.8 Å². The molecule has 1 saturated heterocycles. The van der Waals surface area contributed by atoms with Gasteiger partial charge in [0.05, 0.1) is 11.6 Å². The van der Waals surface area contributed by atoms with Crippen LogP contribution in [-0.4, -0.2) is 46.8 Å². The number of aliphatic carboxylic acids is 1. The average Bonchev–Trinajstić information content (AvgIpc) is 3.17. The molecule has 0 radical (unpaired) electrons. The number of hydrogen-bond donors (Lipinski definition) is 4. The highest BCUT2D eigenvalue weighted by Gasteiger charge is 2.17. The molecule has 27 heavy (non-hydrogen) atoms. The maximum Gasteiger partial charge on any atom is 0.306 e. The molecule has 0 spiro atoms. The second-order valence-electron chi connectivity index (χ2n) is 6.98. The monoisotopic (exact) mass is 412 g/mol. The van der Waals surface area contributed by atoms with Gasteiger partial charge in [-0.3, -0.25) is 4.79 Å². The van der Waals surface area contributed by atoms with Gasteiger partial charge in [-0.1, -0.05) is 46.6 Å². The van der Waals surface area contributed by atoms with Crippen LogP contribution < -0.4 is 10.6 Å². The van der Waals surface area contributed by atoms with Crippen LogP contribution in [0.3, 0.4) is 0 Å². The Morgan fingerprint density at radius 2 is 1.96 bits per heavy atom. The Bertz CT molecular complexity index is 554. The number of unbranched alkanes of at least 4 members (excludes halogenated alkanes) is 2. The normalized spacial score (nSPS) is 17.7. The molecular weight excluding hydrogens is 380 g/mol. The maximum absolute atomic E-state index is 11.4. The summed E-state index contributed by atoms with van der Waals surface area (Å²) in [5.41, 5.74) is 0.648. The van der Waals surface area contributed by atoms with E-state index >= 15 is 0 Å². The second kappa shape index (κ2) is 13.2. The second-order valence-corrected chi connectivity index (χ2v) is 9.77. The predicted octanol–water partition coefficient (Wildman–Crippen LogP) is 4.59. The number of aromatic hydroxyl groups is 1. The van der Waals surface area contributed by atoms with E-state index in [4.69, 9.17) is 0 Å². The minimum atomic E-state index is -0.747. The Kier molecular flexibility index (Phi) is 10.9. The summed E-state index contributed by atoms with van der Waals surface area (Å²) >= 11 is 0. The first kappa shape index (κ1) is 22.2. The van der Waals surface area contributed by atoms with Gasteiger partial charge < -0.3 is 20.8 Å². The van der Waals surface area contributed by atoms with Gasteiger partial charge in [-0.25, -0.2) is 0 Å². The van der Waals surface area contributed by atoms with Gasteiger partial charge in [-0.2, -0.15) is 0 Å². The van der Waals surface area contributed by atoms with Crippen LogP contribution in [-0.2, 0) is 4.79 Å². The average molecular weight is 413 g/mol. The highest BCUT2D eigenvalue weighted by atomic mass is 33.1. The molecule has 5 nitrogen and oxygen atoms in total. The summed E-state index contributed by atoms with van der Waals surface area (Å²) in [6, 6.07) is 7.01. The number of rotatable bonds is 14. The molecule has 152 valence electrons. The largest absolute Gasteiger partial charge is 0.506 e. The third-order valence-corrected chi connectivity index (χ3v) is 7.84. The molecule has 1 fully saturated rings. The van der Waals surface area contributed by atoms with Gasteiger partial charge in [0.15, 0.2) is 0 Å².